The summed E-state index contributed by atoms with van der Waals surface area (Å²) < 4.78 is 63.1. The summed E-state index contributed by atoms with van der Waals surface area (Å²) in [6.45, 7) is 16.6. The van der Waals surface area contributed by atoms with Gasteiger partial charge >= 0.3 is 29.6 Å². The fraction of sp³-hybridized carbons (Fsp3) is 0.478. The second-order valence-corrected chi connectivity index (χ2v) is 25.1. The van der Waals surface area contributed by atoms with Gasteiger partial charge in [0, 0.05) is 30.2 Å². The van der Waals surface area contributed by atoms with Crippen LogP contribution in [0.3, 0.4) is 0 Å². The van der Waals surface area contributed by atoms with Crippen molar-refractivity contribution in [3.63, 3.8) is 0 Å². The van der Waals surface area contributed by atoms with E-state index in [0.717, 1.165) is 42.9 Å². The van der Waals surface area contributed by atoms with Gasteiger partial charge in [-0.15, -0.1) is 0 Å². The zero-order chi connectivity index (χ0) is 47.3. The largest absolute Gasteiger partial charge is 1.00 e. The molecule has 0 aliphatic carbocycles. The van der Waals surface area contributed by atoms with Gasteiger partial charge in [0.1, 0.15) is 0 Å². The van der Waals surface area contributed by atoms with Gasteiger partial charge in [0.15, 0.2) is 8.32 Å². The summed E-state index contributed by atoms with van der Waals surface area (Å²) in [5.41, 5.74) is 3.89. The van der Waals surface area contributed by atoms with E-state index in [1.807, 2.05) is 50.2 Å². The first-order valence-electron chi connectivity index (χ1n) is 20.6. The maximum Gasteiger partial charge on any atom is 1.00 e. The first-order chi connectivity index (χ1) is 29.2. The number of aryl methyl sites for hydroxylation is 2. The predicted molar refractivity (Wildman–Crippen MR) is 254 cm³/mol. The van der Waals surface area contributed by atoms with Crippen LogP contribution >= 0.6 is 23.2 Å². The van der Waals surface area contributed by atoms with Gasteiger partial charge in [0.05, 0.1) is 41.2 Å². The molecular weight excluding hydrogens is 911 g/mol. The smallest absolute Gasteiger partial charge is 0.857 e. The molecule has 0 amide bonds. The minimum atomic E-state index is -3.88. The monoisotopic (exact) mass is 978 g/mol. The van der Waals surface area contributed by atoms with E-state index in [4.69, 9.17) is 37.8 Å². The van der Waals surface area contributed by atoms with Crippen LogP contribution in [0.25, 0.3) is 0 Å². The quantitative estimate of drug-likeness (QED) is 0.106. The Morgan fingerprint density at radius 3 is 1.35 bits per heavy atom. The SMILES string of the molecule is CC[C@@H](C)CN(C(CO[Si](C)(C)C)Cc1ccc(Cl)cc1)S(=O)(=O)c1ccc(C)cc1.CC[C@@H](O)CN(C(CO)Cc1ccc(Cl)cc1)S(=O)(=O)c1ccc(C)cc1.CO.C[O-].[Na+]. The molecule has 63 heavy (non-hydrogen) atoms. The number of aliphatic hydroxyl groups excluding tert-OH is 3. The van der Waals surface area contributed by atoms with E-state index in [0.29, 0.717) is 47.4 Å². The summed E-state index contributed by atoms with van der Waals surface area (Å²) in [6, 6.07) is 27.3. The Morgan fingerprint density at radius 1 is 0.651 bits per heavy atom. The van der Waals surface area contributed by atoms with Crippen molar-refractivity contribution in [1.29, 1.82) is 0 Å². The van der Waals surface area contributed by atoms with Gasteiger partial charge in [-0.25, -0.2) is 16.8 Å². The minimum Gasteiger partial charge on any atom is -0.857 e. The predicted octanol–water partition coefficient (Wildman–Crippen LogP) is 4.75. The molecule has 0 bridgehead atoms. The van der Waals surface area contributed by atoms with E-state index in [1.165, 1.54) is 4.31 Å². The van der Waals surface area contributed by atoms with Gasteiger partial charge in [-0.1, -0.05) is 110 Å². The molecule has 0 heterocycles. The molecule has 4 aromatic rings. The first kappa shape index (κ1) is 61.3. The maximum absolute atomic E-state index is 13.8. The summed E-state index contributed by atoms with van der Waals surface area (Å²) in [7, 11) is -7.63. The van der Waals surface area contributed by atoms with Crippen molar-refractivity contribution in [2.24, 2.45) is 5.92 Å². The van der Waals surface area contributed by atoms with Crippen molar-refractivity contribution in [2.45, 2.75) is 108 Å². The van der Waals surface area contributed by atoms with Gasteiger partial charge in [-0.05, 0) is 118 Å². The molecule has 0 saturated heterocycles. The Labute approximate surface area is 412 Å². The van der Waals surface area contributed by atoms with Crippen LogP contribution in [0.5, 0.6) is 0 Å². The van der Waals surface area contributed by atoms with Crippen LogP contribution in [0.15, 0.2) is 107 Å². The second-order valence-electron chi connectivity index (χ2n) is 15.9. The topological polar surface area (TPSA) is 168 Å². The summed E-state index contributed by atoms with van der Waals surface area (Å²) in [4.78, 5) is 0.474. The fourth-order valence-electron chi connectivity index (χ4n) is 5.98. The normalized spacial score (nSPS) is 13.5. The van der Waals surface area contributed by atoms with Crippen LogP contribution < -0.4 is 34.7 Å². The van der Waals surface area contributed by atoms with Crippen LogP contribution in [-0.2, 0) is 37.3 Å². The number of sulfonamides is 2. The summed E-state index contributed by atoms with van der Waals surface area (Å²) >= 11 is 12.0. The summed E-state index contributed by atoms with van der Waals surface area (Å²) in [6.07, 6.45) is 1.39. The van der Waals surface area contributed by atoms with E-state index in [1.54, 1.807) is 71.9 Å². The third-order valence-corrected chi connectivity index (χ3v) is 15.2. The van der Waals surface area contributed by atoms with Gasteiger partial charge in [-0.2, -0.15) is 15.7 Å². The van der Waals surface area contributed by atoms with Crippen LogP contribution in [0.4, 0.5) is 0 Å². The summed E-state index contributed by atoms with van der Waals surface area (Å²) in [5.74, 6) is 0.236. The number of aliphatic hydroxyl groups is 3. The van der Waals surface area contributed by atoms with Crippen molar-refractivity contribution in [3.8, 4) is 0 Å². The van der Waals surface area contributed by atoms with E-state index in [9.17, 15) is 27.0 Å². The van der Waals surface area contributed by atoms with Crippen molar-refractivity contribution in [3.05, 3.63) is 129 Å². The fourth-order valence-corrected chi connectivity index (χ4v) is 10.3. The molecule has 3 N–H and O–H groups in total. The average Bonchev–Trinajstić information content (AvgIpc) is 3.25. The van der Waals surface area contributed by atoms with Gasteiger partial charge in [0.2, 0.25) is 20.0 Å². The van der Waals surface area contributed by atoms with Crippen molar-refractivity contribution in [1.82, 2.24) is 8.61 Å². The van der Waals surface area contributed by atoms with Crippen LogP contribution in [-0.4, -0.2) is 108 Å². The number of halogens is 2. The molecular formula is C46H69Cl2N2NaO9S2Si. The molecule has 4 aromatic carbocycles. The number of nitrogens with zero attached hydrogens (tertiary/aromatic N) is 2. The molecule has 0 saturated carbocycles. The third kappa shape index (κ3) is 21.2. The Kier molecular flexibility index (Phi) is 29.7. The Bertz CT molecular complexity index is 2060. The standard InChI is InChI=1S/C24H36ClNO3SSi.C20H26ClNO4S.CH4O.CH3O.Na/c1-7-19(2)17-26(30(27,28)24-14-8-20(3)9-15-24)23(18-29-31(4,5)6)16-21-10-12-22(25)13-11-21;1-3-19(24)13-22(27(25,26)20-10-4-15(2)5-11-20)18(14-23)12-16-6-8-17(21)9-7-16;2*1-2;/h8-15,19,23H,7,16-18H2,1-6H3;4-11,18-19,23-24H,3,12-14H2,1-2H3;2H,1H3;1H3;/q;;;-1;+1/t19-,23?;18?,19-;;;/m11.../s1. The first-order valence-corrected chi connectivity index (χ1v) is 27.7. The zero-order valence-corrected chi connectivity index (χ0v) is 45.1. The molecule has 0 aliphatic rings. The molecule has 17 heteroatoms. The Hall–Kier alpha value is -1.70. The number of hydrogen-bond acceptors (Lipinski definition) is 9. The number of hydrogen-bond donors (Lipinski definition) is 3. The minimum absolute atomic E-state index is 0. The maximum atomic E-state index is 13.8. The Balaban J connectivity index is 0.00000112. The third-order valence-electron chi connectivity index (χ3n) is 9.81. The molecule has 0 aromatic heterocycles. The summed E-state index contributed by atoms with van der Waals surface area (Å²) in [5, 5.41) is 36.6. The second kappa shape index (κ2) is 30.6. The van der Waals surface area contributed by atoms with Crippen LogP contribution in [0.2, 0.25) is 29.7 Å². The van der Waals surface area contributed by atoms with E-state index in [-0.39, 0.29) is 59.6 Å². The molecule has 2 unspecified atom stereocenters. The van der Waals surface area contributed by atoms with Gasteiger partial charge in [0.25, 0.3) is 0 Å². The molecule has 0 aliphatic heterocycles. The molecule has 0 fully saturated rings. The van der Waals surface area contributed by atoms with E-state index >= 15 is 0 Å². The molecule has 4 atom stereocenters. The average molecular weight is 980 g/mol. The van der Waals surface area contributed by atoms with Crippen molar-refractivity contribution < 1.29 is 71.2 Å². The molecule has 0 radical (unpaired) electrons. The molecule has 0 spiro atoms. The van der Waals surface area contributed by atoms with Gasteiger partial charge in [-0.3, -0.25) is 0 Å². The Morgan fingerprint density at radius 2 is 1.02 bits per heavy atom. The number of benzene rings is 4. The zero-order valence-electron chi connectivity index (χ0n) is 39.0. The van der Waals surface area contributed by atoms with E-state index < -0.39 is 40.5 Å². The van der Waals surface area contributed by atoms with Crippen molar-refractivity contribution >= 4 is 51.6 Å². The molecule has 4 rings (SSSR count). The van der Waals surface area contributed by atoms with Crippen LogP contribution in [0.1, 0.15) is 55.9 Å². The van der Waals surface area contributed by atoms with Gasteiger partial charge < -0.3 is 24.9 Å². The molecule has 11 nitrogen and oxygen atoms in total. The molecule has 348 valence electrons. The van der Waals surface area contributed by atoms with Crippen LogP contribution in [0, 0.1) is 19.8 Å². The number of rotatable bonds is 20. The van der Waals surface area contributed by atoms with Crippen molar-refractivity contribution in [2.75, 3.05) is 40.5 Å². The van der Waals surface area contributed by atoms with E-state index in [2.05, 4.69) is 33.5 Å².